The third-order valence-electron chi connectivity index (χ3n) is 4.24. The van der Waals surface area contributed by atoms with E-state index in [9.17, 15) is 9.59 Å². The SMILES string of the molecule is CON(C)C(=O)C(CCOC1CCCCO1)NC(=O)OCc1ccccc1. The maximum atomic E-state index is 12.4. The Morgan fingerprint density at radius 1 is 1.30 bits per heavy atom. The van der Waals surface area contributed by atoms with Crippen molar-refractivity contribution in [3.05, 3.63) is 35.9 Å². The van der Waals surface area contributed by atoms with E-state index in [0.717, 1.165) is 29.9 Å². The molecule has 1 aromatic carbocycles. The molecule has 8 heteroatoms. The molecule has 27 heavy (non-hydrogen) atoms. The van der Waals surface area contributed by atoms with E-state index in [2.05, 4.69) is 5.32 Å². The van der Waals surface area contributed by atoms with Crippen LogP contribution in [-0.4, -0.2) is 56.8 Å². The number of hydroxylamine groups is 2. The maximum absolute atomic E-state index is 12.4. The zero-order valence-corrected chi connectivity index (χ0v) is 15.9. The second-order valence-corrected chi connectivity index (χ2v) is 6.23. The van der Waals surface area contributed by atoms with Gasteiger partial charge in [-0.1, -0.05) is 30.3 Å². The van der Waals surface area contributed by atoms with E-state index < -0.39 is 12.1 Å². The van der Waals surface area contributed by atoms with Crippen molar-refractivity contribution < 1.29 is 28.6 Å². The number of rotatable bonds is 9. The van der Waals surface area contributed by atoms with E-state index in [1.807, 2.05) is 30.3 Å². The van der Waals surface area contributed by atoms with Gasteiger partial charge in [0.25, 0.3) is 5.91 Å². The van der Waals surface area contributed by atoms with Gasteiger partial charge in [0, 0.05) is 20.1 Å². The van der Waals surface area contributed by atoms with Gasteiger partial charge < -0.3 is 19.5 Å². The highest BCUT2D eigenvalue weighted by Crippen LogP contribution is 2.14. The van der Waals surface area contributed by atoms with Crippen molar-refractivity contribution >= 4 is 12.0 Å². The molecule has 1 heterocycles. The smallest absolute Gasteiger partial charge is 0.408 e. The normalized spacial score (nSPS) is 17.8. The van der Waals surface area contributed by atoms with Crippen LogP contribution in [-0.2, 0) is 30.4 Å². The molecule has 0 spiro atoms. The Morgan fingerprint density at radius 2 is 2.07 bits per heavy atom. The van der Waals surface area contributed by atoms with E-state index in [1.54, 1.807) is 0 Å². The fraction of sp³-hybridized carbons (Fsp3) is 0.579. The van der Waals surface area contributed by atoms with Gasteiger partial charge in [-0.25, -0.2) is 9.86 Å². The van der Waals surface area contributed by atoms with Gasteiger partial charge in [-0.05, 0) is 24.8 Å². The zero-order valence-electron chi connectivity index (χ0n) is 15.9. The topological polar surface area (TPSA) is 86.3 Å². The summed E-state index contributed by atoms with van der Waals surface area (Å²) in [4.78, 5) is 29.4. The van der Waals surface area contributed by atoms with Crippen LogP contribution in [0.2, 0.25) is 0 Å². The lowest BCUT2D eigenvalue weighted by Gasteiger charge is -2.25. The number of hydrogen-bond acceptors (Lipinski definition) is 6. The quantitative estimate of drug-likeness (QED) is 0.661. The number of nitrogens with zero attached hydrogens (tertiary/aromatic N) is 1. The lowest BCUT2D eigenvalue weighted by molar-refractivity contribution is -0.175. The molecule has 0 bridgehead atoms. The summed E-state index contributed by atoms with van der Waals surface area (Å²) >= 11 is 0. The Bertz CT molecular complexity index is 577. The molecule has 1 saturated heterocycles. The Balaban J connectivity index is 1.82. The molecule has 150 valence electrons. The fourth-order valence-corrected chi connectivity index (χ4v) is 2.63. The molecule has 1 aliphatic heterocycles. The summed E-state index contributed by atoms with van der Waals surface area (Å²) in [5, 5.41) is 3.66. The molecule has 2 atom stereocenters. The predicted octanol–water partition coefficient (Wildman–Crippen LogP) is 2.23. The van der Waals surface area contributed by atoms with Gasteiger partial charge in [0.2, 0.25) is 0 Å². The largest absolute Gasteiger partial charge is 0.445 e. The van der Waals surface area contributed by atoms with E-state index in [1.165, 1.54) is 14.2 Å². The fourth-order valence-electron chi connectivity index (χ4n) is 2.63. The number of amides is 2. The highest BCUT2D eigenvalue weighted by Gasteiger charge is 2.25. The van der Waals surface area contributed by atoms with Crippen LogP contribution in [0, 0.1) is 0 Å². The number of likely N-dealkylation sites (N-methyl/N-ethyl adjacent to an activating group) is 1. The van der Waals surface area contributed by atoms with Gasteiger partial charge in [-0.15, -0.1) is 0 Å². The molecule has 1 aliphatic rings. The summed E-state index contributed by atoms with van der Waals surface area (Å²) in [5.41, 5.74) is 0.863. The van der Waals surface area contributed by atoms with Gasteiger partial charge >= 0.3 is 6.09 Å². The van der Waals surface area contributed by atoms with Gasteiger partial charge in [-0.3, -0.25) is 9.63 Å². The van der Waals surface area contributed by atoms with Crippen LogP contribution in [0.5, 0.6) is 0 Å². The molecule has 0 saturated carbocycles. The number of ether oxygens (including phenoxy) is 3. The summed E-state index contributed by atoms with van der Waals surface area (Å²) in [7, 11) is 2.87. The first-order valence-corrected chi connectivity index (χ1v) is 9.12. The zero-order chi connectivity index (χ0) is 19.5. The number of carbonyl (C=O) groups is 2. The van der Waals surface area contributed by atoms with Crippen molar-refractivity contribution in [1.82, 2.24) is 10.4 Å². The molecule has 0 radical (unpaired) electrons. The number of benzene rings is 1. The van der Waals surface area contributed by atoms with Crippen molar-refractivity contribution in [3.8, 4) is 0 Å². The minimum absolute atomic E-state index is 0.125. The first kappa shape index (κ1) is 21.1. The lowest BCUT2D eigenvalue weighted by atomic mass is 10.2. The van der Waals surface area contributed by atoms with Crippen LogP contribution in [0.1, 0.15) is 31.2 Å². The summed E-state index contributed by atoms with van der Waals surface area (Å²) in [6, 6.07) is 8.50. The second-order valence-electron chi connectivity index (χ2n) is 6.23. The predicted molar refractivity (Wildman–Crippen MR) is 97.5 cm³/mol. The van der Waals surface area contributed by atoms with Crippen LogP contribution in [0.4, 0.5) is 4.79 Å². The molecule has 1 fully saturated rings. The minimum Gasteiger partial charge on any atom is -0.445 e. The van der Waals surface area contributed by atoms with Crippen molar-refractivity contribution in [1.29, 1.82) is 0 Å². The second kappa shape index (κ2) is 11.5. The number of hydrogen-bond donors (Lipinski definition) is 1. The highest BCUT2D eigenvalue weighted by atomic mass is 16.7. The van der Waals surface area contributed by atoms with Crippen LogP contribution < -0.4 is 5.32 Å². The van der Waals surface area contributed by atoms with Crippen LogP contribution in [0.3, 0.4) is 0 Å². The Morgan fingerprint density at radius 3 is 2.74 bits per heavy atom. The summed E-state index contributed by atoms with van der Waals surface area (Å²) < 4.78 is 16.4. The standard InChI is InChI=1S/C19H28N2O6/c1-21(24-2)18(22)16(11-13-26-17-10-6-7-12-25-17)20-19(23)27-14-15-8-4-3-5-9-15/h3-5,8-9,16-17H,6-7,10-14H2,1-2H3,(H,20,23). The van der Waals surface area contributed by atoms with Crippen LogP contribution in [0.15, 0.2) is 30.3 Å². The Kier molecular flexibility index (Phi) is 9.03. The van der Waals surface area contributed by atoms with E-state index in [-0.39, 0.29) is 31.8 Å². The molecule has 2 rings (SSSR count). The molecule has 8 nitrogen and oxygen atoms in total. The highest BCUT2D eigenvalue weighted by molar-refractivity contribution is 5.84. The maximum Gasteiger partial charge on any atom is 0.408 e. The molecular formula is C19H28N2O6. The van der Waals surface area contributed by atoms with Crippen molar-refractivity contribution in [2.75, 3.05) is 27.4 Å². The number of nitrogens with one attached hydrogen (secondary N) is 1. The van der Waals surface area contributed by atoms with Crippen LogP contribution in [0.25, 0.3) is 0 Å². The Hall–Kier alpha value is -2.16. The molecule has 0 aliphatic carbocycles. The van der Waals surface area contributed by atoms with Gasteiger partial charge in [0.05, 0.1) is 13.7 Å². The number of alkyl carbamates (subject to hydrolysis) is 1. The molecule has 0 aromatic heterocycles. The summed E-state index contributed by atoms with van der Waals surface area (Å²) in [5.74, 6) is -0.387. The molecule has 2 unspecified atom stereocenters. The third-order valence-corrected chi connectivity index (χ3v) is 4.24. The van der Waals surface area contributed by atoms with Crippen molar-refractivity contribution in [3.63, 3.8) is 0 Å². The molecule has 1 aromatic rings. The average Bonchev–Trinajstić information content (AvgIpc) is 2.72. The molecule has 2 amide bonds. The summed E-state index contributed by atoms with van der Waals surface area (Å²) in [6.45, 7) is 1.08. The average molecular weight is 380 g/mol. The summed E-state index contributed by atoms with van der Waals surface area (Å²) in [6.07, 6.45) is 2.30. The lowest BCUT2D eigenvalue weighted by Crippen LogP contribution is -2.48. The first-order chi connectivity index (χ1) is 13.1. The van der Waals surface area contributed by atoms with Gasteiger partial charge in [0.1, 0.15) is 12.6 Å². The van der Waals surface area contributed by atoms with Crippen molar-refractivity contribution in [2.24, 2.45) is 0 Å². The molecular weight excluding hydrogens is 352 g/mol. The van der Waals surface area contributed by atoms with E-state index in [0.29, 0.717) is 6.61 Å². The Labute approximate surface area is 159 Å². The van der Waals surface area contributed by atoms with E-state index >= 15 is 0 Å². The molecule has 1 N–H and O–H groups in total. The van der Waals surface area contributed by atoms with Crippen LogP contribution >= 0.6 is 0 Å². The minimum atomic E-state index is -0.818. The van der Waals surface area contributed by atoms with Gasteiger partial charge in [-0.2, -0.15) is 0 Å². The van der Waals surface area contributed by atoms with E-state index in [4.69, 9.17) is 19.0 Å². The van der Waals surface area contributed by atoms with Gasteiger partial charge in [0.15, 0.2) is 6.29 Å². The third kappa shape index (κ3) is 7.54. The number of carbonyl (C=O) groups excluding carboxylic acids is 2. The monoisotopic (exact) mass is 380 g/mol. The first-order valence-electron chi connectivity index (χ1n) is 9.12. The van der Waals surface area contributed by atoms with Crippen molar-refractivity contribution in [2.45, 2.75) is 44.6 Å².